The molecule has 0 aliphatic heterocycles. The van der Waals surface area contributed by atoms with Gasteiger partial charge in [0.1, 0.15) is 5.01 Å². The molecule has 0 amide bonds. The zero-order valence-corrected chi connectivity index (χ0v) is 13.7. The number of fused-ring (bicyclic) bond motifs is 1. The minimum atomic E-state index is 0.128. The van der Waals surface area contributed by atoms with Crippen LogP contribution in [0.4, 0.5) is 0 Å². The largest absolute Gasteiger partial charge is 0.380 e. The van der Waals surface area contributed by atoms with Gasteiger partial charge in [0, 0.05) is 23.6 Å². The smallest absolute Gasteiger partial charge is 0.123 e. The number of thiazole rings is 1. The van der Waals surface area contributed by atoms with E-state index in [-0.39, 0.29) is 11.5 Å². The summed E-state index contributed by atoms with van der Waals surface area (Å²) < 4.78 is 5.15. The van der Waals surface area contributed by atoms with Crippen molar-refractivity contribution < 1.29 is 4.74 Å². The highest BCUT2D eigenvalue weighted by molar-refractivity contribution is 7.15. The number of benzene rings is 1. The molecule has 112 valence electrons. The third-order valence-corrected chi connectivity index (χ3v) is 5.27. The van der Waals surface area contributed by atoms with Gasteiger partial charge in [0.15, 0.2) is 0 Å². The Bertz CT molecular complexity index is 631. The summed E-state index contributed by atoms with van der Waals surface area (Å²) in [6.45, 7) is 5.19. The van der Waals surface area contributed by atoms with Crippen LogP contribution in [0.1, 0.15) is 42.4 Å². The summed E-state index contributed by atoms with van der Waals surface area (Å²) in [7, 11) is 1.71. The van der Waals surface area contributed by atoms with Crippen LogP contribution < -0.4 is 5.73 Å². The molecule has 1 atom stereocenters. The van der Waals surface area contributed by atoms with E-state index in [1.807, 2.05) is 0 Å². The SMILES string of the molecule is COCc1ccc(-c2nc3c(s2)C(N)CC(C)(C)C3)cc1. The van der Waals surface area contributed by atoms with Gasteiger partial charge >= 0.3 is 0 Å². The third kappa shape index (κ3) is 3.03. The van der Waals surface area contributed by atoms with E-state index in [9.17, 15) is 0 Å². The van der Waals surface area contributed by atoms with Crippen molar-refractivity contribution in [2.24, 2.45) is 11.1 Å². The summed E-state index contributed by atoms with van der Waals surface area (Å²) in [4.78, 5) is 6.12. The van der Waals surface area contributed by atoms with E-state index < -0.39 is 0 Å². The molecule has 2 N–H and O–H groups in total. The van der Waals surface area contributed by atoms with Gasteiger partial charge in [-0.2, -0.15) is 0 Å². The standard InChI is InChI=1S/C17H22N2OS/c1-17(2)8-13(18)15-14(9-17)19-16(21-15)12-6-4-11(5-7-12)10-20-3/h4-7,13H,8-10,18H2,1-3H3. The Kier molecular flexibility index (Phi) is 3.86. The Balaban J connectivity index is 1.91. The highest BCUT2D eigenvalue weighted by atomic mass is 32.1. The summed E-state index contributed by atoms with van der Waals surface area (Å²) in [6, 6.07) is 8.57. The number of methoxy groups -OCH3 is 1. The zero-order chi connectivity index (χ0) is 15.0. The van der Waals surface area contributed by atoms with E-state index in [2.05, 4.69) is 38.1 Å². The molecule has 1 unspecified atom stereocenters. The topological polar surface area (TPSA) is 48.1 Å². The van der Waals surface area contributed by atoms with Crippen LogP contribution in [-0.2, 0) is 17.8 Å². The Morgan fingerprint density at radius 1 is 1.33 bits per heavy atom. The molecule has 3 rings (SSSR count). The third-order valence-electron chi connectivity index (χ3n) is 3.99. The lowest BCUT2D eigenvalue weighted by Crippen LogP contribution is -2.28. The maximum Gasteiger partial charge on any atom is 0.123 e. The molecule has 3 nitrogen and oxygen atoms in total. The second-order valence-electron chi connectivity index (χ2n) is 6.61. The maximum absolute atomic E-state index is 6.33. The van der Waals surface area contributed by atoms with Crippen LogP contribution in [0.15, 0.2) is 24.3 Å². The summed E-state index contributed by atoms with van der Waals surface area (Å²) >= 11 is 1.75. The van der Waals surface area contributed by atoms with Gasteiger partial charge in [0.25, 0.3) is 0 Å². The number of hydrogen-bond donors (Lipinski definition) is 1. The molecule has 0 bridgehead atoms. The maximum atomic E-state index is 6.33. The molecule has 1 aromatic heterocycles. The van der Waals surface area contributed by atoms with Crippen LogP contribution in [0.5, 0.6) is 0 Å². The Hall–Kier alpha value is -1.23. The van der Waals surface area contributed by atoms with Crippen LogP contribution in [0.3, 0.4) is 0 Å². The van der Waals surface area contributed by atoms with Crippen molar-refractivity contribution in [1.29, 1.82) is 0 Å². The first kappa shape index (κ1) is 14.7. The minimum Gasteiger partial charge on any atom is -0.380 e. The van der Waals surface area contributed by atoms with E-state index in [4.69, 9.17) is 15.5 Å². The highest BCUT2D eigenvalue weighted by Gasteiger charge is 2.33. The van der Waals surface area contributed by atoms with Gasteiger partial charge in [-0.25, -0.2) is 4.98 Å². The number of ether oxygens (including phenoxy) is 1. The first-order chi connectivity index (χ1) is 9.98. The van der Waals surface area contributed by atoms with Gasteiger partial charge in [0.2, 0.25) is 0 Å². The number of aromatic nitrogens is 1. The molecule has 4 heteroatoms. The monoisotopic (exact) mass is 302 g/mol. The molecule has 1 aliphatic rings. The summed E-state index contributed by atoms with van der Waals surface area (Å²) in [5, 5.41) is 1.08. The normalized spacial score (nSPS) is 20.3. The zero-order valence-electron chi connectivity index (χ0n) is 12.8. The number of nitrogens with two attached hydrogens (primary N) is 1. The Morgan fingerprint density at radius 2 is 2.05 bits per heavy atom. The van der Waals surface area contributed by atoms with Crippen LogP contribution in [-0.4, -0.2) is 12.1 Å². The molecule has 0 saturated heterocycles. The summed E-state index contributed by atoms with van der Waals surface area (Å²) in [6.07, 6.45) is 2.06. The van der Waals surface area contributed by atoms with Crippen molar-refractivity contribution in [3.05, 3.63) is 40.4 Å². The van der Waals surface area contributed by atoms with Gasteiger partial charge in [-0.3, -0.25) is 0 Å². The highest BCUT2D eigenvalue weighted by Crippen LogP contribution is 2.43. The lowest BCUT2D eigenvalue weighted by atomic mass is 9.77. The van der Waals surface area contributed by atoms with Gasteiger partial charge in [-0.1, -0.05) is 38.1 Å². The number of hydrogen-bond acceptors (Lipinski definition) is 4. The molecular weight excluding hydrogens is 280 g/mol. The van der Waals surface area contributed by atoms with Gasteiger partial charge in [0.05, 0.1) is 12.3 Å². The average molecular weight is 302 g/mol. The van der Waals surface area contributed by atoms with Gasteiger partial charge in [-0.15, -0.1) is 11.3 Å². The molecule has 2 aromatic rings. The van der Waals surface area contributed by atoms with E-state index in [1.165, 1.54) is 21.7 Å². The fraction of sp³-hybridized carbons (Fsp3) is 0.471. The van der Waals surface area contributed by atoms with Crippen molar-refractivity contribution in [2.75, 3.05) is 7.11 Å². The molecule has 0 spiro atoms. The molecule has 1 aromatic carbocycles. The van der Waals surface area contributed by atoms with Crippen LogP contribution >= 0.6 is 11.3 Å². The van der Waals surface area contributed by atoms with E-state index >= 15 is 0 Å². The second kappa shape index (κ2) is 5.52. The van der Waals surface area contributed by atoms with E-state index in [0.29, 0.717) is 6.61 Å². The lowest BCUT2D eigenvalue weighted by molar-refractivity contribution is 0.185. The van der Waals surface area contributed by atoms with Crippen LogP contribution in [0.25, 0.3) is 10.6 Å². The average Bonchev–Trinajstić information content (AvgIpc) is 2.82. The van der Waals surface area contributed by atoms with E-state index in [0.717, 1.165) is 17.8 Å². The Morgan fingerprint density at radius 3 is 2.71 bits per heavy atom. The molecular formula is C17H22N2OS. The van der Waals surface area contributed by atoms with Crippen molar-refractivity contribution in [1.82, 2.24) is 4.98 Å². The number of rotatable bonds is 3. The fourth-order valence-corrected chi connectivity index (χ4v) is 4.12. The number of nitrogens with zero attached hydrogens (tertiary/aromatic N) is 1. The van der Waals surface area contributed by atoms with Crippen LogP contribution in [0, 0.1) is 5.41 Å². The summed E-state index contributed by atoms with van der Waals surface area (Å²) in [5.74, 6) is 0. The Labute approximate surface area is 130 Å². The molecule has 1 aliphatic carbocycles. The van der Waals surface area contributed by atoms with Crippen molar-refractivity contribution in [3.63, 3.8) is 0 Å². The second-order valence-corrected chi connectivity index (χ2v) is 7.64. The van der Waals surface area contributed by atoms with Crippen molar-refractivity contribution in [3.8, 4) is 10.6 Å². The first-order valence-electron chi connectivity index (χ1n) is 7.32. The molecule has 0 fully saturated rings. The molecule has 0 radical (unpaired) electrons. The fourth-order valence-electron chi connectivity index (χ4n) is 3.03. The summed E-state index contributed by atoms with van der Waals surface area (Å²) in [5.41, 5.74) is 10.1. The van der Waals surface area contributed by atoms with Gasteiger partial charge in [-0.05, 0) is 23.8 Å². The van der Waals surface area contributed by atoms with Crippen molar-refractivity contribution in [2.45, 2.75) is 39.3 Å². The van der Waals surface area contributed by atoms with E-state index in [1.54, 1.807) is 18.4 Å². The van der Waals surface area contributed by atoms with Crippen LogP contribution in [0.2, 0.25) is 0 Å². The molecule has 1 heterocycles. The predicted octanol–water partition coefficient (Wildman–Crippen LogP) is 3.93. The first-order valence-corrected chi connectivity index (χ1v) is 8.13. The molecule has 0 saturated carbocycles. The quantitative estimate of drug-likeness (QED) is 0.934. The van der Waals surface area contributed by atoms with Gasteiger partial charge < -0.3 is 10.5 Å². The molecule has 21 heavy (non-hydrogen) atoms. The van der Waals surface area contributed by atoms with Crippen molar-refractivity contribution >= 4 is 11.3 Å². The predicted molar refractivity (Wildman–Crippen MR) is 87.3 cm³/mol. The minimum absolute atomic E-state index is 0.128. The lowest BCUT2D eigenvalue weighted by Gasteiger charge is -2.32.